The van der Waals surface area contributed by atoms with Gasteiger partial charge in [-0.15, -0.1) is 11.3 Å². The molecule has 0 spiro atoms. The Morgan fingerprint density at radius 2 is 2.17 bits per heavy atom. The Balaban J connectivity index is 1.40. The fourth-order valence-corrected chi connectivity index (χ4v) is 6.83. The monoisotopic (exact) mass is 523 g/mol. The molecule has 2 aromatic heterocycles. The number of rotatable bonds is 5. The third-order valence-corrected chi connectivity index (χ3v) is 8.73. The molecule has 12 heteroatoms. The van der Waals surface area contributed by atoms with Crippen molar-refractivity contribution in [3.8, 4) is 6.07 Å². The Morgan fingerprint density at radius 1 is 1.37 bits per heavy atom. The van der Waals surface area contributed by atoms with Gasteiger partial charge in [0.1, 0.15) is 17.8 Å². The number of nitriles is 1. The highest BCUT2D eigenvalue weighted by Crippen LogP contribution is 2.49. The lowest BCUT2D eigenvalue weighted by Crippen LogP contribution is -2.68. The number of fused-ring (bicyclic) bond motifs is 4. The minimum atomic E-state index is -3.10. The fraction of sp³-hybridized carbons (Fsp3) is 0.565. The van der Waals surface area contributed by atoms with E-state index in [2.05, 4.69) is 15.6 Å². The van der Waals surface area contributed by atoms with E-state index in [1.165, 1.54) is 16.2 Å². The Kier molecular flexibility index (Phi) is 6.21. The molecule has 3 aliphatic heterocycles. The number of carbonyl (C=O) groups excluding carboxylic acids is 3. The number of carbonyl (C=O) groups is 3. The van der Waals surface area contributed by atoms with Crippen molar-refractivity contribution in [2.24, 2.45) is 11.8 Å². The first-order valence-electron chi connectivity index (χ1n) is 11.6. The molecule has 2 aromatic rings. The minimum Gasteiger partial charge on any atom is -0.356 e. The molecule has 4 fully saturated rings. The molecule has 5 heterocycles. The van der Waals surface area contributed by atoms with Gasteiger partial charge in [0.25, 0.3) is 11.8 Å². The Labute approximate surface area is 209 Å². The molecule has 2 bridgehead atoms. The molecule has 5 atom stereocenters. The second-order valence-electron chi connectivity index (χ2n) is 9.52. The fourth-order valence-electron chi connectivity index (χ4n) is 5.68. The van der Waals surface area contributed by atoms with Crippen molar-refractivity contribution in [3.63, 3.8) is 0 Å². The molecule has 35 heavy (non-hydrogen) atoms. The van der Waals surface area contributed by atoms with E-state index in [1.807, 2.05) is 6.07 Å². The van der Waals surface area contributed by atoms with Gasteiger partial charge < -0.3 is 20.5 Å². The number of aromatic amines is 1. The standard InChI is InChI=1S/C23H24ClF2N5O3S/c24-15-10-35-17-7-16(30-18(15)17)22(34)31-13-3-4-14(23(25,26)8-13)19(31)21(33)29-12(9-27)6-11-2-1-5-28-20(11)32/h7,10-14,19,30H,1-6,8H2,(H,28,32)(H,29,33)/t11-,12-,13+,14+,19-/m0/s1. The van der Waals surface area contributed by atoms with Gasteiger partial charge in [-0.3, -0.25) is 14.4 Å². The number of piperidine rings is 3. The topological polar surface area (TPSA) is 118 Å². The van der Waals surface area contributed by atoms with Gasteiger partial charge in [0.05, 0.1) is 27.2 Å². The van der Waals surface area contributed by atoms with Crippen LogP contribution in [0, 0.1) is 23.2 Å². The van der Waals surface area contributed by atoms with Crippen LogP contribution in [-0.2, 0) is 9.59 Å². The number of hydrogen-bond donors (Lipinski definition) is 3. The summed E-state index contributed by atoms with van der Waals surface area (Å²) in [6.07, 6.45) is 1.41. The van der Waals surface area contributed by atoms with Gasteiger partial charge in [0.15, 0.2) is 0 Å². The van der Waals surface area contributed by atoms with Crippen LogP contribution in [0.4, 0.5) is 8.78 Å². The predicted octanol–water partition coefficient (Wildman–Crippen LogP) is 3.44. The molecule has 3 amide bonds. The lowest BCUT2D eigenvalue weighted by molar-refractivity contribution is -0.179. The Bertz CT molecular complexity index is 1220. The maximum Gasteiger partial charge on any atom is 0.271 e. The van der Waals surface area contributed by atoms with Crippen LogP contribution in [0.1, 0.15) is 49.0 Å². The van der Waals surface area contributed by atoms with Crippen molar-refractivity contribution in [3.05, 3.63) is 22.2 Å². The van der Waals surface area contributed by atoms with E-state index in [0.29, 0.717) is 29.9 Å². The van der Waals surface area contributed by atoms with Crippen molar-refractivity contribution >= 4 is 50.9 Å². The quantitative estimate of drug-likeness (QED) is 0.556. The number of nitrogens with zero attached hydrogens (tertiary/aromatic N) is 2. The molecule has 4 aliphatic rings. The summed E-state index contributed by atoms with van der Waals surface area (Å²) in [5.74, 6) is -6.42. The number of nitrogens with one attached hydrogen (secondary N) is 3. The molecule has 0 aromatic carbocycles. The minimum absolute atomic E-state index is 0.0879. The number of thiophene rings is 1. The number of aromatic nitrogens is 1. The van der Waals surface area contributed by atoms with Gasteiger partial charge in [-0.05, 0) is 38.2 Å². The van der Waals surface area contributed by atoms with Crippen molar-refractivity contribution in [2.75, 3.05) is 6.54 Å². The van der Waals surface area contributed by atoms with Crippen LogP contribution >= 0.6 is 22.9 Å². The molecule has 3 N–H and O–H groups in total. The first-order chi connectivity index (χ1) is 16.7. The van der Waals surface area contributed by atoms with Crippen molar-refractivity contribution in [1.29, 1.82) is 5.26 Å². The average Bonchev–Trinajstić information content (AvgIpc) is 3.40. The molecule has 186 valence electrons. The first-order valence-corrected chi connectivity index (χ1v) is 12.9. The molecular formula is C23H24ClF2N5O3S. The molecular weight excluding hydrogens is 500 g/mol. The van der Waals surface area contributed by atoms with E-state index in [0.717, 1.165) is 11.1 Å². The third-order valence-electron chi connectivity index (χ3n) is 7.37. The largest absolute Gasteiger partial charge is 0.356 e. The smallest absolute Gasteiger partial charge is 0.271 e. The second kappa shape index (κ2) is 9.06. The van der Waals surface area contributed by atoms with E-state index in [9.17, 15) is 28.4 Å². The number of alkyl halides is 2. The molecule has 6 rings (SSSR count). The van der Waals surface area contributed by atoms with Crippen molar-refractivity contribution in [1.82, 2.24) is 20.5 Å². The second-order valence-corrected chi connectivity index (χ2v) is 10.8. The average molecular weight is 524 g/mol. The van der Waals surface area contributed by atoms with Gasteiger partial charge in [-0.2, -0.15) is 5.26 Å². The summed E-state index contributed by atoms with van der Waals surface area (Å²) in [7, 11) is 0. The lowest BCUT2D eigenvalue weighted by atomic mass is 9.71. The highest BCUT2D eigenvalue weighted by atomic mass is 35.5. The summed E-state index contributed by atoms with van der Waals surface area (Å²) >= 11 is 7.50. The molecule has 0 radical (unpaired) electrons. The zero-order valence-electron chi connectivity index (χ0n) is 18.7. The van der Waals surface area contributed by atoms with Crippen LogP contribution in [0.2, 0.25) is 5.02 Å². The van der Waals surface area contributed by atoms with Crippen LogP contribution in [0.15, 0.2) is 11.4 Å². The number of amides is 3. The molecule has 1 aliphatic carbocycles. The molecule has 3 saturated heterocycles. The van der Waals surface area contributed by atoms with Gasteiger partial charge >= 0.3 is 0 Å². The van der Waals surface area contributed by atoms with Crippen LogP contribution in [-0.4, -0.2) is 58.2 Å². The zero-order chi connectivity index (χ0) is 24.9. The number of hydrogen-bond acceptors (Lipinski definition) is 5. The third kappa shape index (κ3) is 4.27. The van der Waals surface area contributed by atoms with Crippen LogP contribution in [0.5, 0.6) is 0 Å². The summed E-state index contributed by atoms with van der Waals surface area (Å²) in [5.41, 5.74) is 0.766. The van der Waals surface area contributed by atoms with E-state index in [1.54, 1.807) is 11.4 Å². The van der Waals surface area contributed by atoms with Gasteiger partial charge in [-0.1, -0.05) is 11.6 Å². The van der Waals surface area contributed by atoms with Gasteiger partial charge in [-0.25, -0.2) is 8.78 Å². The molecule has 0 unspecified atom stereocenters. The normalized spacial score (nSPS) is 28.4. The lowest BCUT2D eigenvalue weighted by Gasteiger charge is -2.53. The summed E-state index contributed by atoms with van der Waals surface area (Å²) < 4.78 is 30.6. The number of H-pyrrole nitrogens is 1. The summed E-state index contributed by atoms with van der Waals surface area (Å²) in [6.45, 7) is 0.567. The van der Waals surface area contributed by atoms with Crippen LogP contribution < -0.4 is 10.6 Å². The van der Waals surface area contributed by atoms with E-state index in [4.69, 9.17) is 11.6 Å². The maximum atomic E-state index is 14.9. The maximum absolute atomic E-state index is 14.9. The van der Waals surface area contributed by atoms with Crippen LogP contribution in [0.25, 0.3) is 10.2 Å². The van der Waals surface area contributed by atoms with Gasteiger partial charge in [0.2, 0.25) is 11.8 Å². The predicted molar refractivity (Wildman–Crippen MR) is 125 cm³/mol. The number of halogens is 3. The van der Waals surface area contributed by atoms with Crippen molar-refractivity contribution < 1.29 is 23.2 Å². The SMILES string of the molecule is N#C[C@H](C[C@@H]1CCCNC1=O)NC(=O)[C@@H]1[C@H]2CC[C@H](CC2(F)F)N1C(=O)c1cc2scc(Cl)c2[nH]1. The van der Waals surface area contributed by atoms with Crippen LogP contribution in [0.3, 0.4) is 0 Å². The summed E-state index contributed by atoms with van der Waals surface area (Å²) in [5, 5.41) is 17.1. The molecule has 8 nitrogen and oxygen atoms in total. The highest BCUT2D eigenvalue weighted by molar-refractivity contribution is 7.17. The highest BCUT2D eigenvalue weighted by Gasteiger charge is 2.60. The van der Waals surface area contributed by atoms with E-state index >= 15 is 0 Å². The summed E-state index contributed by atoms with van der Waals surface area (Å²) in [6, 6.07) is 0.338. The van der Waals surface area contributed by atoms with Gasteiger partial charge in [0, 0.05) is 30.3 Å². The Morgan fingerprint density at radius 3 is 2.86 bits per heavy atom. The first kappa shape index (κ1) is 24.0. The van der Waals surface area contributed by atoms with E-state index in [-0.39, 0.29) is 24.4 Å². The van der Waals surface area contributed by atoms with E-state index < -0.39 is 54.1 Å². The zero-order valence-corrected chi connectivity index (χ0v) is 20.2. The molecule has 1 saturated carbocycles. The van der Waals surface area contributed by atoms with Crippen molar-refractivity contribution in [2.45, 2.75) is 62.6 Å². The Hall–Kier alpha value is -2.71. The summed E-state index contributed by atoms with van der Waals surface area (Å²) in [4.78, 5) is 43.2.